The fourth-order valence-electron chi connectivity index (χ4n) is 7.07. The lowest BCUT2D eigenvalue weighted by Crippen LogP contribution is -2.38. The van der Waals surface area contributed by atoms with Gasteiger partial charge in [-0.05, 0) is 82.1 Å². The van der Waals surface area contributed by atoms with E-state index in [0.29, 0.717) is 30.6 Å². The summed E-state index contributed by atoms with van der Waals surface area (Å²) in [7, 11) is 1.65. The van der Waals surface area contributed by atoms with Crippen molar-refractivity contribution in [2.24, 2.45) is 29.1 Å². The van der Waals surface area contributed by atoms with Crippen molar-refractivity contribution in [1.82, 2.24) is 0 Å². The van der Waals surface area contributed by atoms with Crippen LogP contribution in [0.15, 0.2) is 34.9 Å². The number of allylic oxidation sites excluding steroid dienone is 4. The van der Waals surface area contributed by atoms with Gasteiger partial charge in [0, 0.05) is 18.9 Å². The van der Waals surface area contributed by atoms with Gasteiger partial charge in [-0.15, -0.1) is 0 Å². The summed E-state index contributed by atoms with van der Waals surface area (Å²) >= 11 is 0. The molecule has 2 bridgehead atoms. The largest absolute Gasteiger partial charge is 0.393 e. The van der Waals surface area contributed by atoms with Crippen molar-refractivity contribution < 1.29 is 19.7 Å². The Kier molecular flexibility index (Phi) is 6.13. The summed E-state index contributed by atoms with van der Waals surface area (Å²) in [6.45, 7) is 6.38. The molecule has 0 radical (unpaired) electrons. The number of aliphatic hydroxyl groups is 2. The first-order valence-corrected chi connectivity index (χ1v) is 11.8. The van der Waals surface area contributed by atoms with E-state index in [1.54, 1.807) is 14.0 Å². The molecule has 0 aromatic heterocycles. The van der Waals surface area contributed by atoms with Gasteiger partial charge in [0.2, 0.25) is 0 Å². The molecule has 4 nitrogen and oxygen atoms in total. The fourth-order valence-corrected chi connectivity index (χ4v) is 7.07. The average Bonchev–Trinajstić information content (AvgIpc) is 2.84. The molecule has 0 aromatic rings. The Bertz CT molecular complexity index is 776. The molecular weight excluding hydrogens is 376 g/mol. The minimum Gasteiger partial charge on any atom is -0.393 e. The molecule has 8 atom stereocenters. The smallest absolute Gasteiger partial charge is 0.159 e. The Hall–Kier alpha value is -1.23. The maximum absolute atomic E-state index is 13.1. The zero-order chi connectivity index (χ0) is 21.6. The van der Waals surface area contributed by atoms with E-state index >= 15 is 0 Å². The predicted octanol–water partition coefficient (Wildman–Crippen LogP) is 4.37. The molecule has 4 rings (SSSR count). The van der Waals surface area contributed by atoms with E-state index in [1.165, 1.54) is 16.7 Å². The first-order valence-electron chi connectivity index (χ1n) is 11.8. The highest BCUT2D eigenvalue weighted by atomic mass is 16.5. The van der Waals surface area contributed by atoms with Crippen LogP contribution in [-0.2, 0) is 9.53 Å². The zero-order valence-electron chi connectivity index (χ0n) is 18.9. The summed E-state index contributed by atoms with van der Waals surface area (Å²) in [4.78, 5) is 13.1. The molecule has 166 valence electrons. The normalized spacial score (nSPS) is 41.1. The van der Waals surface area contributed by atoms with Crippen LogP contribution in [0.25, 0.3) is 0 Å². The van der Waals surface area contributed by atoms with Crippen LogP contribution in [0.4, 0.5) is 0 Å². The molecule has 2 fully saturated rings. The Morgan fingerprint density at radius 1 is 1.33 bits per heavy atom. The number of carbonyl (C=O) groups is 1. The molecule has 30 heavy (non-hydrogen) atoms. The van der Waals surface area contributed by atoms with E-state index in [9.17, 15) is 15.0 Å². The summed E-state index contributed by atoms with van der Waals surface area (Å²) in [5, 5.41) is 20.2. The van der Waals surface area contributed by atoms with Crippen molar-refractivity contribution in [1.29, 1.82) is 0 Å². The van der Waals surface area contributed by atoms with E-state index in [0.717, 1.165) is 32.1 Å². The summed E-state index contributed by atoms with van der Waals surface area (Å²) < 4.78 is 5.48. The van der Waals surface area contributed by atoms with Crippen LogP contribution >= 0.6 is 0 Å². The molecule has 4 aliphatic rings. The molecule has 0 saturated heterocycles. The highest BCUT2D eigenvalue weighted by Crippen LogP contribution is 2.62. The summed E-state index contributed by atoms with van der Waals surface area (Å²) in [5.74, 6) is 1.46. The lowest BCUT2D eigenvalue weighted by Gasteiger charge is -2.46. The Morgan fingerprint density at radius 3 is 2.80 bits per heavy atom. The van der Waals surface area contributed by atoms with E-state index in [2.05, 4.69) is 26.0 Å². The first-order chi connectivity index (χ1) is 14.2. The lowest BCUT2D eigenvalue weighted by atomic mass is 9.58. The lowest BCUT2D eigenvalue weighted by molar-refractivity contribution is -0.119. The average molecular weight is 415 g/mol. The highest BCUT2D eigenvalue weighted by molar-refractivity contribution is 5.93. The quantitative estimate of drug-likeness (QED) is 0.671. The molecule has 0 amide bonds. The van der Waals surface area contributed by atoms with Crippen molar-refractivity contribution in [2.75, 3.05) is 7.11 Å². The van der Waals surface area contributed by atoms with Crippen molar-refractivity contribution >= 4 is 5.78 Å². The van der Waals surface area contributed by atoms with Crippen LogP contribution in [0, 0.1) is 29.1 Å². The number of carbonyl (C=O) groups excluding carboxylic acids is 1. The van der Waals surface area contributed by atoms with Gasteiger partial charge < -0.3 is 14.9 Å². The number of hydrogen-bond donors (Lipinski definition) is 2. The van der Waals surface area contributed by atoms with Gasteiger partial charge >= 0.3 is 0 Å². The number of rotatable bonds is 4. The highest BCUT2D eigenvalue weighted by Gasteiger charge is 2.53. The van der Waals surface area contributed by atoms with Crippen molar-refractivity contribution in [3.8, 4) is 0 Å². The van der Waals surface area contributed by atoms with Gasteiger partial charge in [0.1, 0.15) is 6.10 Å². The number of aliphatic hydroxyl groups excluding tert-OH is 2. The molecule has 4 aliphatic carbocycles. The van der Waals surface area contributed by atoms with Gasteiger partial charge in [-0.25, -0.2) is 0 Å². The van der Waals surface area contributed by atoms with Gasteiger partial charge in [-0.1, -0.05) is 35.8 Å². The van der Waals surface area contributed by atoms with Gasteiger partial charge in [0.25, 0.3) is 0 Å². The molecule has 0 aliphatic heterocycles. The van der Waals surface area contributed by atoms with Crippen LogP contribution in [-0.4, -0.2) is 41.4 Å². The summed E-state index contributed by atoms with van der Waals surface area (Å²) in [5.41, 5.74) is 4.23. The van der Waals surface area contributed by atoms with Crippen molar-refractivity contribution in [3.63, 3.8) is 0 Å². The molecule has 0 heterocycles. The molecule has 2 saturated carbocycles. The second kappa shape index (κ2) is 8.37. The Labute approximate surface area is 181 Å². The molecule has 0 unspecified atom stereocenters. The Balaban J connectivity index is 1.65. The second-order valence-electron chi connectivity index (χ2n) is 10.5. The zero-order valence-corrected chi connectivity index (χ0v) is 18.9. The second-order valence-corrected chi connectivity index (χ2v) is 10.5. The van der Waals surface area contributed by atoms with Crippen molar-refractivity contribution in [2.45, 2.75) is 84.0 Å². The fraction of sp³-hybridized carbons (Fsp3) is 0.731. The third-order valence-electron chi connectivity index (χ3n) is 8.69. The minimum atomic E-state index is -0.529. The van der Waals surface area contributed by atoms with Crippen LogP contribution in [0.1, 0.15) is 65.7 Å². The summed E-state index contributed by atoms with van der Waals surface area (Å²) in [6, 6.07) is 0. The first kappa shape index (κ1) is 22.0. The number of hydrogen-bond acceptors (Lipinski definition) is 4. The van der Waals surface area contributed by atoms with E-state index in [1.807, 2.05) is 6.08 Å². The SMILES string of the molecule is CO[C@@H](/C=C(\C)[C@H]1CC[C@H]2C3=CC(=O)[C@H]4CC(=CC[C@H](O)C4)[C@H]3CC[C@]12C)[C@@H](C)O. The number of ketones is 1. The van der Waals surface area contributed by atoms with Crippen LogP contribution < -0.4 is 0 Å². The van der Waals surface area contributed by atoms with E-state index in [-0.39, 0.29) is 29.3 Å². The monoisotopic (exact) mass is 414 g/mol. The van der Waals surface area contributed by atoms with Gasteiger partial charge in [0.05, 0.1) is 12.2 Å². The topological polar surface area (TPSA) is 66.8 Å². The van der Waals surface area contributed by atoms with E-state index < -0.39 is 6.10 Å². The van der Waals surface area contributed by atoms with Gasteiger partial charge in [-0.3, -0.25) is 4.79 Å². The molecule has 0 aromatic carbocycles. The molecular formula is C26H38O4. The van der Waals surface area contributed by atoms with Crippen LogP contribution in [0.5, 0.6) is 0 Å². The number of fused-ring (bicyclic) bond motifs is 6. The Morgan fingerprint density at radius 2 is 2.10 bits per heavy atom. The van der Waals surface area contributed by atoms with Crippen LogP contribution in [0.3, 0.4) is 0 Å². The standard InChI is InChI=1S/C26H38O4/c1-15(11-25(30-4)16(2)27)22-7-8-23-21-14-24(29)18-12-17(5-6-19(28)13-18)20(21)9-10-26(22,23)3/h5,11,14,16,18-20,22-23,25,27-28H,6-10,12-13H2,1-4H3/b15-11+/t16-,18+,19+,20-,22-,23+,25+,26-/m1/s1. The number of methoxy groups -OCH3 is 1. The number of ether oxygens (including phenoxy) is 1. The van der Waals surface area contributed by atoms with Crippen molar-refractivity contribution in [3.05, 3.63) is 34.9 Å². The molecule has 4 heteroatoms. The van der Waals surface area contributed by atoms with E-state index in [4.69, 9.17) is 4.74 Å². The minimum absolute atomic E-state index is 0.0505. The molecule has 2 N–H and O–H groups in total. The maximum Gasteiger partial charge on any atom is 0.159 e. The van der Waals surface area contributed by atoms with Gasteiger partial charge in [-0.2, -0.15) is 0 Å². The third-order valence-corrected chi connectivity index (χ3v) is 8.69. The maximum atomic E-state index is 13.1. The third kappa shape index (κ3) is 3.76. The van der Waals surface area contributed by atoms with Crippen LogP contribution in [0.2, 0.25) is 0 Å². The van der Waals surface area contributed by atoms with Gasteiger partial charge in [0.15, 0.2) is 5.78 Å². The summed E-state index contributed by atoms with van der Waals surface area (Å²) in [6.07, 6.45) is 11.8. The molecule has 0 spiro atoms. The predicted molar refractivity (Wildman–Crippen MR) is 118 cm³/mol.